The van der Waals surface area contributed by atoms with Crippen molar-refractivity contribution in [2.75, 3.05) is 43.8 Å². The van der Waals surface area contributed by atoms with Crippen LogP contribution < -0.4 is 20.4 Å². The van der Waals surface area contributed by atoms with Crippen molar-refractivity contribution in [3.05, 3.63) is 68.9 Å². The summed E-state index contributed by atoms with van der Waals surface area (Å²) in [5.41, 5.74) is 0.548. The van der Waals surface area contributed by atoms with Gasteiger partial charge in [0.25, 0.3) is 19.0 Å². The van der Waals surface area contributed by atoms with Gasteiger partial charge in [-0.25, -0.2) is 9.35 Å². The smallest absolute Gasteiger partial charge is 0.272 e. The molecule has 0 spiro atoms. The molecule has 1 amide bonds. The predicted octanol–water partition coefficient (Wildman–Crippen LogP) is 4.19. The molecule has 2 aromatic carbocycles. The van der Waals surface area contributed by atoms with Crippen LogP contribution in [0.2, 0.25) is 5.02 Å². The van der Waals surface area contributed by atoms with Crippen LogP contribution in [0.3, 0.4) is 0 Å². The average molecular weight is 588 g/mol. The number of nitrogens with one attached hydrogen (secondary N) is 2. The lowest BCUT2D eigenvalue weighted by Gasteiger charge is -2.35. The van der Waals surface area contributed by atoms with Gasteiger partial charge >= 0.3 is 0 Å². The number of hydrogen-bond acceptors (Lipinski definition) is 8. The number of nitro benzene ring substituents is 1. The molecule has 0 aliphatic carbocycles. The van der Waals surface area contributed by atoms with Crippen LogP contribution >= 0.6 is 19.0 Å². The van der Waals surface area contributed by atoms with Crippen molar-refractivity contribution < 1.29 is 23.8 Å². The van der Waals surface area contributed by atoms with Crippen LogP contribution in [0.25, 0.3) is 0 Å². The second-order valence-corrected chi connectivity index (χ2v) is 11.6. The van der Waals surface area contributed by atoms with Gasteiger partial charge in [0.15, 0.2) is 0 Å². The molecule has 4 rings (SSSR count). The maximum Gasteiger partial charge on any atom is 0.272 e. The lowest BCUT2D eigenvalue weighted by Crippen LogP contribution is -2.40. The molecule has 3 aromatic rings. The number of nitriles is 1. The number of nitrogens with zero attached hydrogens (tertiary/aromatic N) is 5. The Balaban J connectivity index is 1.88. The van der Waals surface area contributed by atoms with Crippen LogP contribution in [-0.4, -0.2) is 58.7 Å². The number of nitro groups is 1. The number of ether oxygens (including phenoxy) is 2. The quantitative estimate of drug-likeness (QED) is 0.199. The number of rotatable bonds is 10. The number of morpholine rings is 1. The molecule has 15 heteroatoms. The van der Waals surface area contributed by atoms with E-state index in [-0.39, 0.29) is 54.3 Å². The van der Waals surface area contributed by atoms with E-state index in [2.05, 4.69) is 21.6 Å². The van der Waals surface area contributed by atoms with Crippen LogP contribution in [0.5, 0.6) is 5.75 Å². The minimum atomic E-state index is -3.90. The molecule has 210 valence electrons. The van der Waals surface area contributed by atoms with Crippen molar-refractivity contribution >= 4 is 47.4 Å². The summed E-state index contributed by atoms with van der Waals surface area (Å²) < 4.78 is 29.2. The minimum Gasteiger partial charge on any atom is -0.495 e. The molecule has 0 bridgehead atoms. The number of carbonyl (C=O) groups is 1. The number of halogens is 1. The highest BCUT2D eigenvalue weighted by atomic mass is 35.5. The molecule has 2 N–H and O–H groups in total. The number of anilines is 2. The first kappa shape index (κ1) is 29.0. The van der Waals surface area contributed by atoms with E-state index in [1.54, 1.807) is 35.9 Å². The number of carbonyl (C=O) groups excluding carboxylic acids is 1. The summed E-state index contributed by atoms with van der Waals surface area (Å²) in [5, 5.41) is 31.8. The van der Waals surface area contributed by atoms with E-state index < -0.39 is 18.3 Å². The Hall–Kier alpha value is -3.95. The Kier molecular flexibility index (Phi) is 9.07. The van der Waals surface area contributed by atoms with E-state index in [0.717, 1.165) is 0 Å². The van der Waals surface area contributed by atoms with Gasteiger partial charge < -0.3 is 19.9 Å². The summed E-state index contributed by atoms with van der Waals surface area (Å²) >= 11 is 5.98. The van der Waals surface area contributed by atoms with Crippen LogP contribution in [0.1, 0.15) is 22.5 Å². The molecule has 0 saturated carbocycles. The van der Waals surface area contributed by atoms with Crippen LogP contribution in [0.4, 0.5) is 17.2 Å². The van der Waals surface area contributed by atoms with Crippen LogP contribution in [-0.2, 0) is 15.8 Å². The fourth-order valence-electron chi connectivity index (χ4n) is 4.32. The minimum absolute atomic E-state index is 0.0817. The topological polar surface area (TPSA) is 165 Å². The summed E-state index contributed by atoms with van der Waals surface area (Å²) in [6, 6.07) is 12.2. The largest absolute Gasteiger partial charge is 0.495 e. The average Bonchev–Trinajstić information content (AvgIpc) is 3.27. The summed E-state index contributed by atoms with van der Waals surface area (Å²) in [6.45, 7) is 2.91. The Morgan fingerprint density at radius 1 is 1.27 bits per heavy atom. The van der Waals surface area contributed by atoms with Crippen molar-refractivity contribution in [2.45, 2.75) is 19.9 Å². The second kappa shape index (κ2) is 12.5. The first-order chi connectivity index (χ1) is 19.2. The molecule has 1 saturated heterocycles. The van der Waals surface area contributed by atoms with Gasteiger partial charge in [-0.1, -0.05) is 11.6 Å². The first-order valence-electron chi connectivity index (χ1n) is 12.2. The Morgan fingerprint density at radius 2 is 1.98 bits per heavy atom. The number of aromatic nitrogens is 2. The number of methoxy groups -OCH3 is 1. The van der Waals surface area contributed by atoms with E-state index in [1.165, 1.54) is 30.0 Å². The van der Waals surface area contributed by atoms with Crippen molar-refractivity contribution in [3.8, 4) is 11.8 Å². The lowest BCUT2D eigenvalue weighted by atomic mass is 10.2. The first-order valence-corrected chi connectivity index (χ1v) is 14.3. The summed E-state index contributed by atoms with van der Waals surface area (Å²) in [5.74, 6) is -0.128. The van der Waals surface area contributed by atoms with Gasteiger partial charge in [0.05, 0.1) is 55.7 Å². The fourth-order valence-corrected chi connectivity index (χ4v) is 7.15. The standard InChI is InChI=1S/C25H27ClN7O6P/c1-17-23(24(32(29-17)11-3-10-27)28-25(34)18-4-6-19(26)7-5-18)40(37,31-12-14-39-15-13-31)30-21-16-20(33(35)36)8-9-22(21)38-2/h4-9,16H,3,11-15H2,1-2H3,(H,28,34)(H,30,37). The number of hydrogen-bond donors (Lipinski definition) is 2. The highest BCUT2D eigenvalue weighted by molar-refractivity contribution is 7.71. The third-order valence-corrected chi connectivity index (χ3v) is 9.36. The van der Waals surface area contributed by atoms with Gasteiger partial charge in [0.2, 0.25) is 0 Å². The molecule has 40 heavy (non-hydrogen) atoms. The van der Waals surface area contributed by atoms with E-state index in [1.807, 2.05) is 0 Å². The van der Waals surface area contributed by atoms with Gasteiger partial charge in [-0.3, -0.25) is 19.5 Å². The molecule has 1 aliphatic rings. The maximum absolute atomic E-state index is 15.2. The summed E-state index contributed by atoms with van der Waals surface area (Å²) in [7, 11) is -2.50. The third-order valence-electron chi connectivity index (χ3n) is 6.22. The number of non-ortho nitro benzene ring substituents is 1. The van der Waals surface area contributed by atoms with E-state index in [9.17, 15) is 20.2 Å². The van der Waals surface area contributed by atoms with Crippen molar-refractivity contribution in [1.82, 2.24) is 14.5 Å². The summed E-state index contributed by atoms with van der Waals surface area (Å²) in [6.07, 6.45) is 0.0817. The molecular formula is C25H27ClN7O6P. The zero-order chi connectivity index (χ0) is 28.9. The lowest BCUT2D eigenvalue weighted by molar-refractivity contribution is -0.384. The Bertz CT molecular complexity index is 1500. The van der Waals surface area contributed by atoms with E-state index >= 15 is 4.57 Å². The molecule has 1 unspecified atom stereocenters. The Labute approximate surface area is 235 Å². The van der Waals surface area contributed by atoms with Gasteiger partial charge in [0.1, 0.15) is 16.9 Å². The number of aryl methyl sites for hydroxylation is 2. The van der Waals surface area contributed by atoms with Gasteiger partial charge in [0, 0.05) is 35.8 Å². The second-order valence-electron chi connectivity index (χ2n) is 8.77. The highest BCUT2D eigenvalue weighted by Crippen LogP contribution is 2.53. The molecular weight excluding hydrogens is 561 g/mol. The molecule has 2 heterocycles. The molecule has 13 nitrogen and oxygen atoms in total. The molecule has 0 radical (unpaired) electrons. The predicted molar refractivity (Wildman–Crippen MR) is 150 cm³/mol. The monoisotopic (exact) mass is 587 g/mol. The maximum atomic E-state index is 15.2. The molecule has 1 fully saturated rings. The normalized spacial score (nSPS) is 15.1. The third kappa shape index (κ3) is 6.11. The van der Waals surface area contributed by atoms with Crippen molar-refractivity contribution in [1.29, 1.82) is 5.26 Å². The summed E-state index contributed by atoms with van der Waals surface area (Å²) in [4.78, 5) is 24.3. The van der Waals surface area contributed by atoms with Crippen molar-refractivity contribution in [2.24, 2.45) is 0 Å². The molecule has 1 aliphatic heterocycles. The van der Waals surface area contributed by atoms with E-state index in [4.69, 9.17) is 21.1 Å². The zero-order valence-electron chi connectivity index (χ0n) is 21.8. The highest BCUT2D eigenvalue weighted by Gasteiger charge is 2.41. The van der Waals surface area contributed by atoms with E-state index in [0.29, 0.717) is 29.5 Å². The van der Waals surface area contributed by atoms with Crippen molar-refractivity contribution in [3.63, 3.8) is 0 Å². The van der Waals surface area contributed by atoms with Gasteiger partial charge in [-0.2, -0.15) is 10.4 Å². The fraction of sp³-hybridized carbons (Fsp3) is 0.320. The van der Waals surface area contributed by atoms with Crippen LogP contribution in [0, 0.1) is 28.4 Å². The molecule has 1 atom stereocenters. The number of benzene rings is 2. The molecule has 1 aromatic heterocycles. The van der Waals surface area contributed by atoms with Crippen LogP contribution in [0.15, 0.2) is 42.5 Å². The van der Waals surface area contributed by atoms with Gasteiger partial charge in [-0.05, 0) is 37.3 Å². The SMILES string of the molecule is COc1ccc([N+](=O)[O-])cc1NP(=O)(c1c(C)nn(CCC#N)c1NC(=O)c1ccc(Cl)cc1)N1CCOCC1. The number of amides is 1. The van der Waals surface area contributed by atoms with Gasteiger partial charge in [-0.15, -0.1) is 0 Å². The zero-order valence-corrected chi connectivity index (χ0v) is 23.4. The Morgan fingerprint density at radius 3 is 2.60 bits per heavy atom.